The van der Waals surface area contributed by atoms with Gasteiger partial charge >= 0.3 is 5.97 Å². The van der Waals surface area contributed by atoms with E-state index in [1.807, 2.05) is 0 Å². The molecule has 0 atom stereocenters. The van der Waals surface area contributed by atoms with E-state index in [2.05, 4.69) is 10.1 Å². The fourth-order valence-electron chi connectivity index (χ4n) is 1.86. The molecule has 0 spiro atoms. The van der Waals surface area contributed by atoms with Gasteiger partial charge < -0.3 is 14.8 Å². The van der Waals surface area contributed by atoms with Crippen LogP contribution in [-0.2, 0) is 19.1 Å². The molecule has 1 aliphatic rings. The Morgan fingerprint density at radius 2 is 2.00 bits per heavy atom. The third-order valence-corrected chi connectivity index (χ3v) is 3.00. The third-order valence-electron chi connectivity index (χ3n) is 3.00. The minimum absolute atomic E-state index is 0.0811. The summed E-state index contributed by atoms with van der Waals surface area (Å²) in [4.78, 5) is 22.2. The average Bonchev–Trinajstić information content (AvgIpc) is 2.37. The van der Waals surface area contributed by atoms with Crippen LogP contribution in [0.3, 0.4) is 0 Å². The van der Waals surface area contributed by atoms with Crippen molar-refractivity contribution < 1.29 is 19.1 Å². The molecule has 1 amide bonds. The summed E-state index contributed by atoms with van der Waals surface area (Å²) in [5.74, 6) is 0.233. The largest absolute Gasteiger partial charge is 0.469 e. The summed E-state index contributed by atoms with van der Waals surface area (Å²) in [5, 5.41) is 2.82. The van der Waals surface area contributed by atoms with E-state index in [0.29, 0.717) is 12.5 Å². The molecule has 0 unspecified atom stereocenters. The number of methoxy groups -OCH3 is 1. The highest BCUT2D eigenvalue weighted by Crippen LogP contribution is 2.17. The molecule has 1 rings (SSSR count). The van der Waals surface area contributed by atoms with E-state index in [0.717, 1.165) is 32.5 Å². The van der Waals surface area contributed by atoms with Gasteiger partial charge in [-0.05, 0) is 25.2 Å². The Bertz CT molecular complexity index is 249. The lowest BCUT2D eigenvalue weighted by atomic mass is 9.97. The van der Waals surface area contributed by atoms with Crippen LogP contribution in [0.4, 0.5) is 0 Å². The number of carbonyl (C=O) groups excluding carboxylic acids is 2. The maximum Gasteiger partial charge on any atom is 0.306 e. The number of nitrogens with one attached hydrogen (secondary N) is 1. The summed E-state index contributed by atoms with van der Waals surface area (Å²) in [7, 11) is 1.32. The summed E-state index contributed by atoms with van der Waals surface area (Å²) in [6.45, 7) is 2.35. The minimum Gasteiger partial charge on any atom is -0.469 e. The number of ether oxygens (including phenoxy) is 2. The van der Waals surface area contributed by atoms with E-state index < -0.39 is 0 Å². The Morgan fingerprint density at radius 1 is 1.29 bits per heavy atom. The second-order valence-corrected chi connectivity index (χ2v) is 4.27. The second-order valence-electron chi connectivity index (χ2n) is 4.27. The molecule has 0 aromatic rings. The zero-order valence-electron chi connectivity index (χ0n) is 10.4. The predicted octanol–water partition coefficient (Wildman–Crippen LogP) is 0.872. The van der Waals surface area contributed by atoms with Gasteiger partial charge in [0.1, 0.15) is 0 Å². The van der Waals surface area contributed by atoms with Crippen molar-refractivity contribution in [3.05, 3.63) is 0 Å². The fraction of sp³-hybridized carbons (Fsp3) is 0.833. The molecule has 0 saturated carbocycles. The van der Waals surface area contributed by atoms with E-state index >= 15 is 0 Å². The fourth-order valence-corrected chi connectivity index (χ4v) is 1.86. The van der Waals surface area contributed by atoms with Crippen LogP contribution in [0, 0.1) is 5.92 Å². The summed E-state index contributed by atoms with van der Waals surface area (Å²) in [6.07, 6.45) is 3.52. The van der Waals surface area contributed by atoms with Crippen LogP contribution in [0.15, 0.2) is 0 Å². The van der Waals surface area contributed by atoms with Crippen LogP contribution >= 0.6 is 0 Å². The highest BCUT2D eigenvalue weighted by Gasteiger charge is 2.13. The molecule has 0 bridgehead atoms. The first-order valence-electron chi connectivity index (χ1n) is 6.13. The first kappa shape index (κ1) is 14.0. The second kappa shape index (κ2) is 8.06. The van der Waals surface area contributed by atoms with Gasteiger partial charge in [0, 0.05) is 26.2 Å². The maximum absolute atomic E-state index is 11.4. The molecule has 5 heteroatoms. The summed E-state index contributed by atoms with van der Waals surface area (Å²) in [5.41, 5.74) is 0. The van der Waals surface area contributed by atoms with Gasteiger partial charge in [-0.3, -0.25) is 9.59 Å². The number of hydrogen-bond donors (Lipinski definition) is 1. The molecular formula is C12H21NO4. The quantitative estimate of drug-likeness (QED) is 0.703. The maximum atomic E-state index is 11.4. The molecule has 17 heavy (non-hydrogen) atoms. The molecule has 0 radical (unpaired) electrons. The Morgan fingerprint density at radius 3 is 2.65 bits per heavy atom. The van der Waals surface area contributed by atoms with E-state index in [1.54, 1.807) is 0 Å². The lowest BCUT2D eigenvalue weighted by Crippen LogP contribution is -2.27. The average molecular weight is 243 g/mol. The summed E-state index contributed by atoms with van der Waals surface area (Å²) < 4.78 is 9.73. The molecular weight excluding hydrogens is 222 g/mol. The van der Waals surface area contributed by atoms with Crippen LogP contribution < -0.4 is 5.32 Å². The van der Waals surface area contributed by atoms with Crippen LogP contribution in [0.25, 0.3) is 0 Å². The molecule has 1 aliphatic heterocycles. The van der Waals surface area contributed by atoms with Crippen LogP contribution in [0.5, 0.6) is 0 Å². The van der Waals surface area contributed by atoms with Crippen LogP contribution in [0.2, 0.25) is 0 Å². The summed E-state index contributed by atoms with van der Waals surface area (Å²) >= 11 is 0. The van der Waals surface area contributed by atoms with Gasteiger partial charge in [-0.15, -0.1) is 0 Å². The smallest absolute Gasteiger partial charge is 0.306 e. The Kier molecular flexibility index (Phi) is 6.62. The Balaban J connectivity index is 2.01. The highest BCUT2D eigenvalue weighted by molar-refractivity contribution is 5.81. The summed E-state index contributed by atoms with van der Waals surface area (Å²) in [6, 6.07) is 0. The van der Waals surface area contributed by atoms with E-state index in [-0.39, 0.29) is 24.7 Å². The third kappa shape index (κ3) is 6.26. The van der Waals surface area contributed by atoms with Crippen molar-refractivity contribution in [2.24, 2.45) is 5.92 Å². The van der Waals surface area contributed by atoms with Crippen molar-refractivity contribution in [3.8, 4) is 0 Å². The number of rotatable bonds is 6. The highest BCUT2D eigenvalue weighted by atomic mass is 16.5. The molecule has 0 aliphatic carbocycles. The van der Waals surface area contributed by atoms with Crippen molar-refractivity contribution in [1.82, 2.24) is 5.32 Å². The zero-order chi connectivity index (χ0) is 12.5. The van der Waals surface area contributed by atoms with Crippen LogP contribution in [0.1, 0.15) is 32.1 Å². The number of hydrogen-bond acceptors (Lipinski definition) is 4. The molecule has 1 fully saturated rings. The molecule has 5 nitrogen and oxygen atoms in total. The molecule has 98 valence electrons. The molecule has 1 saturated heterocycles. The lowest BCUT2D eigenvalue weighted by Gasteiger charge is -2.21. The van der Waals surface area contributed by atoms with Gasteiger partial charge in [0.25, 0.3) is 0 Å². The van der Waals surface area contributed by atoms with Gasteiger partial charge in [-0.1, -0.05) is 0 Å². The van der Waals surface area contributed by atoms with Gasteiger partial charge in [-0.2, -0.15) is 0 Å². The van der Waals surface area contributed by atoms with Crippen molar-refractivity contribution in [3.63, 3.8) is 0 Å². The molecule has 0 aromatic carbocycles. The first-order chi connectivity index (χ1) is 8.22. The van der Waals surface area contributed by atoms with Gasteiger partial charge in [0.2, 0.25) is 5.91 Å². The van der Waals surface area contributed by atoms with Crippen molar-refractivity contribution in [1.29, 1.82) is 0 Å². The van der Waals surface area contributed by atoms with Crippen molar-refractivity contribution in [2.75, 3.05) is 26.9 Å². The van der Waals surface area contributed by atoms with Gasteiger partial charge in [-0.25, -0.2) is 0 Å². The van der Waals surface area contributed by atoms with E-state index in [9.17, 15) is 9.59 Å². The number of carbonyl (C=O) groups is 2. The topological polar surface area (TPSA) is 64.6 Å². The van der Waals surface area contributed by atoms with Crippen LogP contribution in [-0.4, -0.2) is 38.7 Å². The molecule has 1 heterocycles. The van der Waals surface area contributed by atoms with Gasteiger partial charge in [0.15, 0.2) is 0 Å². The predicted molar refractivity (Wildman–Crippen MR) is 62.4 cm³/mol. The van der Waals surface area contributed by atoms with E-state index in [4.69, 9.17) is 4.74 Å². The Hall–Kier alpha value is -1.10. The zero-order valence-corrected chi connectivity index (χ0v) is 10.4. The monoisotopic (exact) mass is 243 g/mol. The Labute approximate surface area is 102 Å². The lowest BCUT2D eigenvalue weighted by molar-refractivity contribution is -0.142. The van der Waals surface area contributed by atoms with Gasteiger partial charge in [0.05, 0.1) is 13.5 Å². The van der Waals surface area contributed by atoms with Crippen molar-refractivity contribution in [2.45, 2.75) is 32.1 Å². The van der Waals surface area contributed by atoms with E-state index in [1.165, 1.54) is 7.11 Å². The van der Waals surface area contributed by atoms with Crippen molar-refractivity contribution >= 4 is 11.9 Å². The number of amides is 1. The minimum atomic E-state index is -0.343. The standard InChI is InChI=1S/C12H21NO4/c1-16-12(15)3-2-11(14)13-7-4-10-5-8-17-9-6-10/h10H,2-9H2,1H3,(H,13,14). The first-order valence-corrected chi connectivity index (χ1v) is 6.13. The number of esters is 1. The molecule has 0 aromatic heterocycles. The molecule has 1 N–H and O–H groups in total. The SMILES string of the molecule is COC(=O)CCC(=O)NCCC1CCOCC1. The normalized spacial score (nSPS) is 16.5.